The second kappa shape index (κ2) is 7.07. The fourth-order valence-electron chi connectivity index (χ4n) is 2.44. The highest BCUT2D eigenvalue weighted by atomic mass is 16.1. The Kier molecular flexibility index (Phi) is 5.15. The molecular formula is C19H23NO. The van der Waals surface area contributed by atoms with Crippen molar-refractivity contribution in [2.75, 3.05) is 5.32 Å². The van der Waals surface area contributed by atoms with Gasteiger partial charge in [-0.3, -0.25) is 4.79 Å². The first kappa shape index (κ1) is 15.3. The molecule has 1 N–H and O–H groups in total. The zero-order valence-electron chi connectivity index (χ0n) is 13.0. The number of aryl methyl sites for hydroxylation is 1. The van der Waals surface area contributed by atoms with Gasteiger partial charge in [0.25, 0.3) is 0 Å². The fraction of sp³-hybridized carbons (Fsp3) is 0.316. The number of hydrogen-bond acceptors (Lipinski definition) is 1. The molecule has 0 saturated heterocycles. The Balaban J connectivity index is 2.12. The zero-order valence-corrected chi connectivity index (χ0v) is 13.0. The third kappa shape index (κ3) is 3.94. The first-order valence-electron chi connectivity index (χ1n) is 7.55. The molecule has 2 heteroatoms. The van der Waals surface area contributed by atoms with E-state index < -0.39 is 0 Å². The van der Waals surface area contributed by atoms with Gasteiger partial charge in [-0.15, -0.1) is 0 Å². The molecule has 0 spiro atoms. The van der Waals surface area contributed by atoms with Crippen LogP contribution in [0.4, 0.5) is 5.69 Å². The van der Waals surface area contributed by atoms with E-state index in [1.807, 2.05) is 49.4 Å². The third-order valence-electron chi connectivity index (χ3n) is 3.99. The van der Waals surface area contributed by atoms with E-state index in [-0.39, 0.29) is 5.91 Å². The maximum atomic E-state index is 12.3. The lowest BCUT2D eigenvalue weighted by Crippen LogP contribution is -2.16. The summed E-state index contributed by atoms with van der Waals surface area (Å²) in [5, 5.41) is 3.06. The van der Waals surface area contributed by atoms with E-state index in [2.05, 4.69) is 25.2 Å². The molecule has 0 bridgehead atoms. The van der Waals surface area contributed by atoms with Gasteiger partial charge in [0.15, 0.2) is 0 Å². The average molecular weight is 281 g/mol. The highest BCUT2D eigenvalue weighted by Gasteiger charge is 2.11. The standard InChI is InChI=1S/C19H23NO/c1-4-14(2)17-11-7-8-12-18(17)20-19(21)13-16-10-6-5-9-15(16)3/h5-12,14H,4,13H2,1-3H3,(H,20,21). The number of amides is 1. The number of benzene rings is 2. The molecular weight excluding hydrogens is 258 g/mol. The van der Waals surface area contributed by atoms with Crippen LogP contribution in [0.2, 0.25) is 0 Å². The largest absolute Gasteiger partial charge is 0.326 e. The Bertz CT molecular complexity index is 618. The minimum atomic E-state index is 0.0417. The van der Waals surface area contributed by atoms with E-state index in [1.165, 1.54) is 5.56 Å². The number of para-hydroxylation sites is 1. The number of rotatable bonds is 5. The van der Waals surface area contributed by atoms with E-state index in [9.17, 15) is 4.79 Å². The predicted molar refractivity (Wildman–Crippen MR) is 88.7 cm³/mol. The second-order valence-corrected chi connectivity index (χ2v) is 5.55. The summed E-state index contributed by atoms with van der Waals surface area (Å²) >= 11 is 0. The van der Waals surface area contributed by atoms with Crippen molar-refractivity contribution in [3.8, 4) is 0 Å². The summed E-state index contributed by atoms with van der Waals surface area (Å²) in [6, 6.07) is 16.1. The molecule has 0 heterocycles. The van der Waals surface area contributed by atoms with Crippen LogP contribution in [0.15, 0.2) is 48.5 Å². The van der Waals surface area contributed by atoms with Crippen molar-refractivity contribution in [2.45, 2.75) is 39.5 Å². The Morgan fingerprint density at radius 2 is 1.76 bits per heavy atom. The summed E-state index contributed by atoms with van der Waals surface area (Å²) < 4.78 is 0. The Hall–Kier alpha value is -2.09. The van der Waals surface area contributed by atoms with Crippen LogP contribution in [0.25, 0.3) is 0 Å². The van der Waals surface area contributed by atoms with Gasteiger partial charge < -0.3 is 5.32 Å². The monoisotopic (exact) mass is 281 g/mol. The Labute approximate surface area is 127 Å². The molecule has 21 heavy (non-hydrogen) atoms. The van der Waals surface area contributed by atoms with Gasteiger partial charge in [0, 0.05) is 5.69 Å². The molecule has 0 aliphatic carbocycles. The third-order valence-corrected chi connectivity index (χ3v) is 3.99. The van der Waals surface area contributed by atoms with Crippen molar-refractivity contribution >= 4 is 11.6 Å². The van der Waals surface area contributed by atoms with Crippen LogP contribution in [0.1, 0.15) is 42.9 Å². The molecule has 2 aromatic rings. The molecule has 0 aliphatic heterocycles. The Morgan fingerprint density at radius 1 is 1.10 bits per heavy atom. The van der Waals surface area contributed by atoms with Crippen LogP contribution >= 0.6 is 0 Å². The fourth-order valence-corrected chi connectivity index (χ4v) is 2.44. The highest BCUT2D eigenvalue weighted by Crippen LogP contribution is 2.26. The lowest BCUT2D eigenvalue weighted by molar-refractivity contribution is -0.115. The molecule has 1 unspecified atom stereocenters. The molecule has 0 saturated carbocycles. The molecule has 0 aliphatic rings. The second-order valence-electron chi connectivity index (χ2n) is 5.55. The van der Waals surface area contributed by atoms with Crippen molar-refractivity contribution in [2.24, 2.45) is 0 Å². The van der Waals surface area contributed by atoms with E-state index in [0.717, 1.165) is 23.2 Å². The number of anilines is 1. The zero-order chi connectivity index (χ0) is 15.2. The van der Waals surface area contributed by atoms with Crippen molar-refractivity contribution in [1.29, 1.82) is 0 Å². The highest BCUT2D eigenvalue weighted by molar-refractivity contribution is 5.93. The van der Waals surface area contributed by atoms with Crippen LogP contribution in [0, 0.1) is 6.92 Å². The van der Waals surface area contributed by atoms with Gasteiger partial charge in [-0.25, -0.2) is 0 Å². The van der Waals surface area contributed by atoms with Crippen LogP contribution in [0.3, 0.4) is 0 Å². The lowest BCUT2D eigenvalue weighted by Gasteiger charge is -2.16. The van der Waals surface area contributed by atoms with Gasteiger partial charge in [0.05, 0.1) is 6.42 Å². The first-order chi connectivity index (χ1) is 10.1. The minimum absolute atomic E-state index is 0.0417. The lowest BCUT2D eigenvalue weighted by atomic mass is 9.96. The average Bonchev–Trinajstić information content (AvgIpc) is 2.49. The van der Waals surface area contributed by atoms with Gasteiger partial charge in [0.2, 0.25) is 5.91 Å². The number of nitrogens with one attached hydrogen (secondary N) is 1. The van der Waals surface area contributed by atoms with Gasteiger partial charge in [0.1, 0.15) is 0 Å². The van der Waals surface area contributed by atoms with Crippen molar-refractivity contribution in [3.05, 3.63) is 65.2 Å². The van der Waals surface area contributed by atoms with Gasteiger partial charge in [-0.2, -0.15) is 0 Å². The topological polar surface area (TPSA) is 29.1 Å². The molecule has 110 valence electrons. The van der Waals surface area contributed by atoms with Crippen LogP contribution < -0.4 is 5.32 Å². The van der Waals surface area contributed by atoms with E-state index in [0.29, 0.717) is 12.3 Å². The molecule has 1 amide bonds. The molecule has 2 aromatic carbocycles. The molecule has 0 aromatic heterocycles. The van der Waals surface area contributed by atoms with Gasteiger partial charge in [-0.05, 0) is 42.0 Å². The van der Waals surface area contributed by atoms with E-state index in [4.69, 9.17) is 0 Å². The summed E-state index contributed by atoms with van der Waals surface area (Å²) in [7, 11) is 0. The van der Waals surface area contributed by atoms with Gasteiger partial charge >= 0.3 is 0 Å². The Morgan fingerprint density at radius 3 is 2.48 bits per heavy atom. The molecule has 2 nitrogen and oxygen atoms in total. The van der Waals surface area contributed by atoms with Crippen LogP contribution in [-0.4, -0.2) is 5.91 Å². The summed E-state index contributed by atoms with van der Waals surface area (Å²) in [4.78, 5) is 12.3. The smallest absolute Gasteiger partial charge is 0.228 e. The number of hydrogen-bond donors (Lipinski definition) is 1. The SMILES string of the molecule is CCC(C)c1ccccc1NC(=O)Cc1ccccc1C. The molecule has 0 radical (unpaired) electrons. The summed E-state index contributed by atoms with van der Waals surface area (Å²) in [6.07, 6.45) is 1.48. The maximum Gasteiger partial charge on any atom is 0.228 e. The van der Waals surface area contributed by atoms with Crippen LogP contribution in [0.5, 0.6) is 0 Å². The normalized spacial score (nSPS) is 12.0. The van der Waals surface area contributed by atoms with Crippen LogP contribution in [-0.2, 0) is 11.2 Å². The predicted octanol–water partition coefficient (Wildman–Crippen LogP) is 4.69. The van der Waals surface area contributed by atoms with Crippen molar-refractivity contribution < 1.29 is 4.79 Å². The van der Waals surface area contributed by atoms with Crippen molar-refractivity contribution in [1.82, 2.24) is 0 Å². The summed E-state index contributed by atoms with van der Waals surface area (Å²) in [5.41, 5.74) is 4.38. The summed E-state index contributed by atoms with van der Waals surface area (Å²) in [5.74, 6) is 0.486. The van der Waals surface area contributed by atoms with Gasteiger partial charge in [-0.1, -0.05) is 56.3 Å². The quantitative estimate of drug-likeness (QED) is 0.846. The summed E-state index contributed by atoms with van der Waals surface area (Å²) in [6.45, 7) is 6.39. The first-order valence-corrected chi connectivity index (χ1v) is 7.55. The van der Waals surface area contributed by atoms with E-state index in [1.54, 1.807) is 0 Å². The maximum absolute atomic E-state index is 12.3. The van der Waals surface area contributed by atoms with Crippen molar-refractivity contribution in [3.63, 3.8) is 0 Å². The molecule has 2 rings (SSSR count). The number of carbonyl (C=O) groups excluding carboxylic acids is 1. The number of carbonyl (C=O) groups is 1. The minimum Gasteiger partial charge on any atom is -0.326 e. The molecule has 1 atom stereocenters. The van der Waals surface area contributed by atoms with E-state index >= 15 is 0 Å². The molecule has 0 fully saturated rings.